The monoisotopic (exact) mass is 370 g/mol. The van der Waals surface area contributed by atoms with Crippen LogP contribution in [0.3, 0.4) is 0 Å². The molecular weight excluding hydrogens is 340 g/mol. The normalized spacial score (nSPS) is 15.6. The third-order valence-electron chi connectivity index (χ3n) is 5.15. The molecule has 2 aromatic rings. The summed E-state index contributed by atoms with van der Waals surface area (Å²) in [5, 5.41) is 3.61. The molecule has 27 heavy (non-hydrogen) atoms. The first-order valence-electron chi connectivity index (χ1n) is 10.2. The lowest BCUT2D eigenvalue weighted by Crippen LogP contribution is -2.30. The van der Waals surface area contributed by atoms with E-state index in [9.17, 15) is 9.59 Å². The molecule has 1 fully saturated rings. The molecule has 6 heteroatoms. The number of likely N-dealkylation sites (tertiary alicyclic amines) is 1. The molecule has 0 aliphatic carbocycles. The average molecular weight is 370 g/mol. The number of aromatic amines is 1. The predicted molar refractivity (Wildman–Crippen MR) is 108 cm³/mol. The van der Waals surface area contributed by atoms with Crippen molar-refractivity contribution in [2.45, 2.75) is 51.4 Å². The maximum atomic E-state index is 12.0. The molecule has 1 saturated heterocycles. The second-order valence-electron chi connectivity index (χ2n) is 7.34. The lowest BCUT2D eigenvalue weighted by Gasteiger charge is -2.19. The Hall–Kier alpha value is -2.21. The summed E-state index contributed by atoms with van der Waals surface area (Å²) >= 11 is 0. The summed E-state index contributed by atoms with van der Waals surface area (Å²) in [5.41, 5.74) is 0.586. The van der Waals surface area contributed by atoms with Crippen LogP contribution in [0.25, 0.3) is 10.9 Å². The maximum absolute atomic E-state index is 12.0. The Kier molecular flexibility index (Phi) is 7.39. The Morgan fingerprint density at radius 1 is 1.11 bits per heavy atom. The first kappa shape index (κ1) is 19.5. The van der Waals surface area contributed by atoms with Crippen molar-refractivity contribution in [3.05, 3.63) is 40.4 Å². The molecular formula is C21H30N4O2. The molecule has 0 spiro atoms. The summed E-state index contributed by atoms with van der Waals surface area (Å²) < 4.78 is 0. The molecule has 0 radical (unpaired) electrons. The summed E-state index contributed by atoms with van der Waals surface area (Å²) in [5.74, 6) is 0.724. The van der Waals surface area contributed by atoms with Gasteiger partial charge in [-0.25, -0.2) is 4.98 Å². The van der Waals surface area contributed by atoms with Gasteiger partial charge in [0.25, 0.3) is 5.56 Å². The van der Waals surface area contributed by atoms with Gasteiger partial charge in [-0.05, 0) is 57.5 Å². The van der Waals surface area contributed by atoms with Crippen LogP contribution in [0.2, 0.25) is 0 Å². The van der Waals surface area contributed by atoms with Gasteiger partial charge in [-0.1, -0.05) is 25.0 Å². The number of carbonyl (C=O) groups excluding carboxylic acids is 1. The van der Waals surface area contributed by atoms with Crippen LogP contribution in [0, 0.1) is 0 Å². The van der Waals surface area contributed by atoms with Gasteiger partial charge in [0.2, 0.25) is 5.91 Å². The zero-order valence-corrected chi connectivity index (χ0v) is 16.0. The van der Waals surface area contributed by atoms with Gasteiger partial charge in [-0.2, -0.15) is 0 Å². The largest absolute Gasteiger partial charge is 0.356 e. The van der Waals surface area contributed by atoms with E-state index in [-0.39, 0.29) is 11.5 Å². The third-order valence-corrected chi connectivity index (χ3v) is 5.15. The highest BCUT2D eigenvalue weighted by Crippen LogP contribution is 2.10. The summed E-state index contributed by atoms with van der Waals surface area (Å²) in [6, 6.07) is 7.31. The van der Waals surface area contributed by atoms with Crippen LogP contribution in [0.5, 0.6) is 0 Å². The highest BCUT2D eigenvalue weighted by atomic mass is 16.1. The van der Waals surface area contributed by atoms with Crippen LogP contribution >= 0.6 is 0 Å². The molecule has 1 amide bonds. The Morgan fingerprint density at radius 3 is 2.70 bits per heavy atom. The van der Waals surface area contributed by atoms with Crippen LogP contribution in [-0.4, -0.2) is 47.0 Å². The number of hydrogen-bond acceptors (Lipinski definition) is 4. The number of amides is 1. The quantitative estimate of drug-likeness (QED) is 0.700. The number of aryl methyl sites for hydroxylation is 1. The van der Waals surface area contributed by atoms with Crippen LogP contribution in [0.1, 0.15) is 50.8 Å². The molecule has 3 rings (SSSR count). The van der Waals surface area contributed by atoms with Crippen molar-refractivity contribution in [1.29, 1.82) is 0 Å². The number of rotatable bonds is 8. The van der Waals surface area contributed by atoms with Gasteiger partial charge in [0.1, 0.15) is 5.82 Å². The number of H-pyrrole nitrogens is 1. The summed E-state index contributed by atoms with van der Waals surface area (Å²) in [6.45, 7) is 4.21. The highest BCUT2D eigenvalue weighted by Gasteiger charge is 2.09. The summed E-state index contributed by atoms with van der Waals surface area (Å²) in [7, 11) is 0. The fourth-order valence-corrected chi connectivity index (χ4v) is 3.65. The molecule has 1 aromatic carbocycles. The van der Waals surface area contributed by atoms with Gasteiger partial charge in [0.15, 0.2) is 0 Å². The zero-order chi connectivity index (χ0) is 18.9. The van der Waals surface area contributed by atoms with Crippen LogP contribution in [-0.2, 0) is 11.2 Å². The number of benzene rings is 1. The Labute approximate surface area is 160 Å². The summed E-state index contributed by atoms with van der Waals surface area (Å²) in [6.07, 6.45) is 8.05. The molecule has 0 saturated carbocycles. The van der Waals surface area contributed by atoms with Gasteiger partial charge in [-0.3, -0.25) is 9.59 Å². The molecule has 2 N–H and O–H groups in total. The number of hydrogen-bond donors (Lipinski definition) is 2. The molecule has 2 heterocycles. The van der Waals surface area contributed by atoms with Gasteiger partial charge < -0.3 is 15.2 Å². The van der Waals surface area contributed by atoms with Crippen molar-refractivity contribution in [2.24, 2.45) is 0 Å². The van der Waals surface area contributed by atoms with Crippen molar-refractivity contribution in [3.8, 4) is 0 Å². The second kappa shape index (κ2) is 10.2. The van der Waals surface area contributed by atoms with E-state index >= 15 is 0 Å². The Balaban J connectivity index is 1.34. The number of para-hydroxylation sites is 1. The van der Waals surface area contributed by atoms with Crippen molar-refractivity contribution < 1.29 is 4.79 Å². The number of nitrogens with one attached hydrogen (secondary N) is 2. The zero-order valence-electron chi connectivity index (χ0n) is 16.0. The van der Waals surface area contributed by atoms with Gasteiger partial charge in [0, 0.05) is 19.4 Å². The topological polar surface area (TPSA) is 78.1 Å². The molecule has 1 aromatic heterocycles. The molecule has 1 aliphatic heterocycles. The van der Waals surface area contributed by atoms with Crippen LogP contribution < -0.4 is 10.9 Å². The second-order valence-corrected chi connectivity index (χ2v) is 7.34. The minimum absolute atomic E-state index is 0.0778. The van der Waals surface area contributed by atoms with E-state index in [2.05, 4.69) is 20.2 Å². The minimum Gasteiger partial charge on any atom is -0.356 e. The van der Waals surface area contributed by atoms with E-state index in [1.807, 2.05) is 18.2 Å². The Morgan fingerprint density at radius 2 is 1.89 bits per heavy atom. The number of aromatic nitrogens is 2. The average Bonchev–Trinajstić information content (AvgIpc) is 2.94. The first-order valence-corrected chi connectivity index (χ1v) is 10.2. The summed E-state index contributed by atoms with van der Waals surface area (Å²) in [4.78, 5) is 33.8. The van der Waals surface area contributed by atoms with E-state index in [1.165, 1.54) is 38.8 Å². The highest BCUT2D eigenvalue weighted by molar-refractivity contribution is 5.77. The lowest BCUT2D eigenvalue weighted by molar-refractivity contribution is -0.121. The number of nitrogens with zero attached hydrogens (tertiary/aromatic N) is 2. The Bertz CT molecular complexity index is 794. The van der Waals surface area contributed by atoms with E-state index < -0.39 is 0 Å². The molecule has 1 aliphatic rings. The van der Waals surface area contributed by atoms with Gasteiger partial charge in [0.05, 0.1) is 10.9 Å². The number of fused-ring (bicyclic) bond motifs is 1. The van der Waals surface area contributed by atoms with Crippen LogP contribution in [0.4, 0.5) is 0 Å². The van der Waals surface area contributed by atoms with Gasteiger partial charge >= 0.3 is 0 Å². The minimum atomic E-state index is -0.117. The SMILES string of the molecule is O=C(CCCc1nc2ccccc2c(=O)[nH]1)NCCCN1CCCCCC1. The number of carbonyl (C=O) groups is 1. The van der Waals surface area contributed by atoms with E-state index in [1.54, 1.807) is 6.07 Å². The van der Waals surface area contributed by atoms with E-state index in [0.29, 0.717) is 36.0 Å². The van der Waals surface area contributed by atoms with Crippen LogP contribution in [0.15, 0.2) is 29.1 Å². The smallest absolute Gasteiger partial charge is 0.258 e. The van der Waals surface area contributed by atoms with Crippen molar-refractivity contribution in [2.75, 3.05) is 26.2 Å². The fraction of sp³-hybridized carbons (Fsp3) is 0.571. The molecule has 0 bridgehead atoms. The van der Waals surface area contributed by atoms with Crippen molar-refractivity contribution in [1.82, 2.24) is 20.2 Å². The predicted octanol–water partition coefficient (Wildman–Crippen LogP) is 2.63. The van der Waals surface area contributed by atoms with E-state index in [4.69, 9.17) is 0 Å². The fourth-order valence-electron chi connectivity index (χ4n) is 3.65. The molecule has 0 unspecified atom stereocenters. The van der Waals surface area contributed by atoms with Crippen molar-refractivity contribution >= 4 is 16.8 Å². The van der Waals surface area contributed by atoms with E-state index in [0.717, 1.165) is 19.5 Å². The maximum Gasteiger partial charge on any atom is 0.258 e. The van der Waals surface area contributed by atoms with Crippen molar-refractivity contribution in [3.63, 3.8) is 0 Å². The third kappa shape index (κ3) is 6.17. The molecule has 146 valence electrons. The molecule has 0 atom stereocenters. The standard InChI is InChI=1S/C21H30N4O2/c26-20(22-13-8-16-25-14-5-1-2-6-15-25)12-7-11-19-23-18-10-4-3-9-17(18)21(27)24-19/h3-4,9-10H,1-2,5-8,11-16H2,(H,22,26)(H,23,24,27). The van der Waals surface area contributed by atoms with Gasteiger partial charge in [-0.15, -0.1) is 0 Å². The molecule has 6 nitrogen and oxygen atoms in total. The lowest BCUT2D eigenvalue weighted by atomic mass is 10.2. The first-order chi connectivity index (χ1) is 13.2.